The van der Waals surface area contributed by atoms with Gasteiger partial charge < -0.3 is 15.3 Å². The van der Waals surface area contributed by atoms with Crippen molar-refractivity contribution in [3.05, 3.63) is 29.5 Å². The van der Waals surface area contributed by atoms with E-state index in [-0.39, 0.29) is 39.5 Å². The van der Waals surface area contributed by atoms with Gasteiger partial charge in [0.2, 0.25) is 10.0 Å². The van der Waals surface area contributed by atoms with Crippen molar-refractivity contribution in [3.63, 3.8) is 0 Å². The molecule has 37 heavy (non-hydrogen) atoms. The van der Waals surface area contributed by atoms with E-state index >= 15 is 0 Å². The molecule has 1 aliphatic carbocycles. The number of rotatable bonds is 8. The molecule has 0 spiro atoms. The van der Waals surface area contributed by atoms with Gasteiger partial charge in [0, 0.05) is 23.7 Å². The Morgan fingerprint density at radius 2 is 1.95 bits per heavy atom. The molecule has 3 N–H and O–H groups in total. The summed E-state index contributed by atoms with van der Waals surface area (Å²) in [5.41, 5.74) is -0.573. The minimum Gasteiger partial charge on any atom is -0.511 e. The number of benzene rings is 1. The van der Waals surface area contributed by atoms with E-state index in [0.717, 1.165) is 38.4 Å². The molecule has 2 aliphatic heterocycles. The molecule has 2 heterocycles. The molecule has 3 aliphatic rings. The number of nitrogens with one attached hydrogen (secondary N) is 2. The van der Waals surface area contributed by atoms with Gasteiger partial charge in [-0.1, -0.05) is 33.6 Å². The lowest BCUT2D eigenvalue weighted by Crippen LogP contribution is -2.53. The number of carbonyl (C=O) groups excluding carboxylic acids is 1. The number of hydrogen-bond acceptors (Lipinski definition) is 7. The van der Waals surface area contributed by atoms with E-state index < -0.39 is 31.4 Å². The van der Waals surface area contributed by atoms with E-state index in [9.17, 15) is 26.7 Å². The SMILES string of the molecule is CCC1(CCC(C)C)CN(C2CCCC2)C(=O)C(C2=NS(=O)(=O)c3cc(NS(C)(=O)=O)ccc3N2)=C1O. The maximum atomic E-state index is 13.8. The number of hydrogen-bond donors (Lipinski definition) is 3. The number of carbonyl (C=O) groups is 1. The summed E-state index contributed by atoms with van der Waals surface area (Å²) >= 11 is 0. The number of amides is 1. The van der Waals surface area contributed by atoms with Crippen LogP contribution in [0.1, 0.15) is 65.7 Å². The van der Waals surface area contributed by atoms with E-state index in [1.165, 1.54) is 18.2 Å². The van der Waals surface area contributed by atoms with E-state index in [2.05, 4.69) is 28.3 Å². The number of aliphatic hydroxyl groups excluding tert-OH is 1. The zero-order valence-corrected chi connectivity index (χ0v) is 23.4. The molecule has 4 rings (SSSR count). The van der Waals surface area contributed by atoms with E-state index in [0.29, 0.717) is 25.3 Å². The number of aliphatic hydroxyl groups is 1. The van der Waals surface area contributed by atoms with E-state index in [4.69, 9.17) is 0 Å². The van der Waals surface area contributed by atoms with Crippen LogP contribution in [0.25, 0.3) is 0 Å². The number of fused-ring (bicyclic) bond motifs is 1. The molecule has 204 valence electrons. The molecule has 1 unspecified atom stereocenters. The number of sulfonamides is 2. The lowest BCUT2D eigenvalue weighted by molar-refractivity contribution is -0.133. The van der Waals surface area contributed by atoms with Crippen LogP contribution in [0.3, 0.4) is 0 Å². The maximum absolute atomic E-state index is 13.8. The Kier molecular flexibility index (Phi) is 7.37. The van der Waals surface area contributed by atoms with Crippen LogP contribution in [0.5, 0.6) is 0 Å². The number of amidine groups is 1. The van der Waals surface area contributed by atoms with Gasteiger partial charge in [0.15, 0.2) is 5.84 Å². The quantitative estimate of drug-likeness (QED) is 0.442. The van der Waals surface area contributed by atoms with Gasteiger partial charge in [-0.2, -0.15) is 8.42 Å². The summed E-state index contributed by atoms with van der Waals surface area (Å²) in [7, 11) is -7.91. The predicted octanol–water partition coefficient (Wildman–Crippen LogP) is 4.00. The molecular formula is C25H36N4O6S2. The van der Waals surface area contributed by atoms with Crippen LogP contribution >= 0.6 is 0 Å². The lowest BCUT2D eigenvalue weighted by atomic mass is 9.72. The third kappa shape index (κ3) is 5.50. The molecule has 0 aromatic heterocycles. The molecular weight excluding hydrogens is 516 g/mol. The fourth-order valence-corrected chi connectivity index (χ4v) is 7.17. The third-order valence-corrected chi connectivity index (χ3v) is 9.52. The Balaban J connectivity index is 1.81. The second-order valence-corrected chi connectivity index (χ2v) is 14.1. The molecule has 0 bridgehead atoms. The highest BCUT2D eigenvalue weighted by atomic mass is 32.2. The van der Waals surface area contributed by atoms with Crippen molar-refractivity contribution in [2.24, 2.45) is 15.7 Å². The van der Waals surface area contributed by atoms with Crippen LogP contribution in [-0.2, 0) is 24.8 Å². The fraction of sp³-hybridized carbons (Fsp3) is 0.600. The summed E-state index contributed by atoms with van der Waals surface area (Å²) in [6.45, 7) is 6.59. The van der Waals surface area contributed by atoms with Crippen molar-refractivity contribution in [1.82, 2.24) is 4.90 Å². The lowest BCUT2D eigenvalue weighted by Gasteiger charge is -2.45. The molecule has 1 aromatic rings. The zero-order valence-electron chi connectivity index (χ0n) is 21.7. The maximum Gasteiger partial charge on any atom is 0.286 e. The molecule has 1 aromatic carbocycles. The minimum atomic E-state index is -4.30. The van der Waals surface area contributed by atoms with Crippen molar-refractivity contribution < 1.29 is 26.7 Å². The average molecular weight is 553 g/mol. The first kappa shape index (κ1) is 27.4. The van der Waals surface area contributed by atoms with Crippen molar-refractivity contribution in [1.29, 1.82) is 0 Å². The van der Waals surface area contributed by atoms with Crippen LogP contribution in [0.2, 0.25) is 0 Å². The Labute approximate surface area is 219 Å². The molecule has 0 saturated heterocycles. The van der Waals surface area contributed by atoms with Crippen molar-refractivity contribution in [3.8, 4) is 0 Å². The normalized spacial score (nSPS) is 24.2. The Bertz CT molecular complexity index is 1360. The summed E-state index contributed by atoms with van der Waals surface area (Å²) in [6, 6.07) is 4.06. The minimum absolute atomic E-state index is 0.0401. The van der Waals surface area contributed by atoms with Gasteiger partial charge in [0.25, 0.3) is 15.9 Å². The van der Waals surface area contributed by atoms with Crippen LogP contribution in [0, 0.1) is 11.3 Å². The summed E-state index contributed by atoms with van der Waals surface area (Å²) in [5, 5.41) is 14.5. The zero-order chi connectivity index (χ0) is 27.2. The topological polar surface area (TPSA) is 145 Å². The smallest absolute Gasteiger partial charge is 0.286 e. The number of anilines is 2. The highest BCUT2D eigenvalue weighted by Gasteiger charge is 2.48. The van der Waals surface area contributed by atoms with Crippen molar-refractivity contribution >= 4 is 43.2 Å². The van der Waals surface area contributed by atoms with Gasteiger partial charge >= 0.3 is 0 Å². The first-order valence-electron chi connectivity index (χ1n) is 12.8. The highest BCUT2D eigenvalue weighted by Crippen LogP contribution is 2.45. The average Bonchev–Trinajstić information content (AvgIpc) is 3.33. The fourth-order valence-electron chi connectivity index (χ4n) is 5.47. The molecule has 1 amide bonds. The van der Waals surface area contributed by atoms with Crippen molar-refractivity contribution in [2.75, 3.05) is 22.8 Å². The van der Waals surface area contributed by atoms with Gasteiger partial charge in [-0.3, -0.25) is 9.52 Å². The molecule has 12 heteroatoms. The van der Waals surface area contributed by atoms with Crippen molar-refractivity contribution in [2.45, 2.75) is 76.7 Å². The summed E-state index contributed by atoms with van der Waals surface area (Å²) < 4.78 is 55.8. The summed E-state index contributed by atoms with van der Waals surface area (Å²) in [5.74, 6) is -0.346. The Hall–Kier alpha value is -2.60. The Morgan fingerprint density at radius 3 is 2.54 bits per heavy atom. The van der Waals surface area contributed by atoms with Gasteiger partial charge in [-0.05, 0) is 56.2 Å². The monoisotopic (exact) mass is 552 g/mol. The Morgan fingerprint density at radius 1 is 1.27 bits per heavy atom. The molecule has 1 atom stereocenters. The van der Waals surface area contributed by atoms with Crippen LogP contribution in [0.4, 0.5) is 11.4 Å². The van der Waals surface area contributed by atoms with Crippen LogP contribution < -0.4 is 10.0 Å². The molecule has 1 fully saturated rings. The highest BCUT2D eigenvalue weighted by molar-refractivity contribution is 7.92. The predicted molar refractivity (Wildman–Crippen MR) is 144 cm³/mol. The standard InChI is InChI=1S/C25H36N4O6S2/c1-5-25(13-12-16(2)3)15-29(18-8-6-7-9-18)24(31)21(22(25)30)23-26-19-11-10-17(27-36(4,32)33)14-20(19)37(34,35)28-23/h10-11,14,16,18,27,30H,5-9,12-13,15H2,1-4H3,(H,26,28). The van der Waals surface area contributed by atoms with Gasteiger partial charge in [0.1, 0.15) is 16.2 Å². The molecule has 10 nitrogen and oxygen atoms in total. The molecule has 0 radical (unpaired) electrons. The van der Waals surface area contributed by atoms with Gasteiger partial charge in [-0.25, -0.2) is 8.42 Å². The van der Waals surface area contributed by atoms with Gasteiger partial charge in [-0.15, -0.1) is 4.40 Å². The van der Waals surface area contributed by atoms with E-state index in [1.54, 1.807) is 0 Å². The molecule has 1 saturated carbocycles. The van der Waals surface area contributed by atoms with Crippen LogP contribution in [0.15, 0.2) is 38.8 Å². The van der Waals surface area contributed by atoms with Gasteiger partial charge in [0.05, 0.1) is 11.9 Å². The summed E-state index contributed by atoms with van der Waals surface area (Å²) in [6.07, 6.45) is 6.85. The largest absolute Gasteiger partial charge is 0.511 e. The second-order valence-electron chi connectivity index (χ2n) is 10.8. The third-order valence-electron chi connectivity index (χ3n) is 7.59. The number of nitrogens with zero attached hydrogens (tertiary/aromatic N) is 2. The first-order chi connectivity index (χ1) is 17.3. The van der Waals surface area contributed by atoms with E-state index in [1.807, 2.05) is 11.8 Å². The first-order valence-corrected chi connectivity index (χ1v) is 16.1. The van der Waals surface area contributed by atoms with Crippen LogP contribution in [-0.4, -0.2) is 57.4 Å². The second kappa shape index (κ2) is 9.94. The summed E-state index contributed by atoms with van der Waals surface area (Å²) in [4.78, 5) is 15.4.